The van der Waals surface area contributed by atoms with E-state index in [4.69, 9.17) is 15.6 Å². The maximum Gasteiger partial charge on any atom is 0.248 e. The number of piperidine rings is 1. The Morgan fingerprint density at radius 1 is 1.25 bits per heavy atom. The summed E-state index contributed by atoms with van der Waals surface area (Å²) in [4.78, 5) is 14.2. The van der Waals surface area contributed by atoms with Crippen molar-refractivity contribution in [1.82, 2.24) is 4.90 Å². The number of aliphatic hydroxyl groups excluding tert-OH is 1. The first kappa shape index (κ1) is 19.5. The minimum absolute atomic E-state index is 0.0831. The predicted octanol–water partition coefficient (Wildman–Crippen LogP) is 1.78. The topological polar surface area (TPSA) is 75.8 Å². The molecule has 2 aliphatic rings. The number of amides is 1. The molecule has 2 rings (SSSR count). The van der Waals surface area contributed by atoms with Gasteiger partial charge in [0.15, 0.2) is 0 Å². The molecule has 1 saturated heterocycles. The zero-order valence-electron chi connectivity index (χ0n) is 14.4. The van der Waals surface area contributed by atoms with Crippen LogP contribution >= 0.6 is 0 Å². The van der Waals surface area contributed by atoms with E-state index < -0.39 is 18.1 Å². The van der Waals surface area contributed by atoms with Crippen molar-refractivity contribution >= 4 is 5.91 Å². The van der Waals surface area contributed by atoms with Crippen LogP contribution in [-0.2, 0) is 9.53 Å². The third kappa shape index (κ3) is 5.36. The number of alkyl halides is 2. The number of rotatable bonds is 6. The number of carbonyl (C=O) groups is 1. The highest BCUT2D eigenvalue weighted by atomic mass is 19.3. The molecule has 3 N–H and O–H groups in total. The third-order valence-electron chi connectivity index (χ3n) is 5.41. The van der Waals surface area contributed by atoms with Gasteiger partial charge < -0.3 is 20.5 Å². The molecular weight excluding hydrogens is 318 g/mol. The van der Waals surface area contributed by atoms with Crippen LogP contribution in [0.4, 0.5) is 8.78 Å². The third-order valence-corrected chi connectivity index (χ3v) is 5.41. The van der Waals surface area contributed by atoms with Gasteiger partial charge in [-0.25, -0.2) is 8.78 Å². The number of hydrogen-bond donors (Lipinski definition) is 2. The average Bonchev–Trinajstić information content (AvgIpc) is 2.59. The van der Waals surface area contributed by atoms with E-state index in [0.717, 1.165) is 12.8 Å². The van der Waals surface area contributed by atoms with Crippen molar-refractivity contribution in [2.45, 2.75) is 63.5 Å². The SMILES string of the molecule is C[C@@H](OCC1CCC(F)(F)CC1)[C@H](N)C(=O)N1CCC(CO)CC1. The Labute approximate surface area is 142 Å². The number of ether oxygens (including phenoxy) is 1. The van der Waals surface area contributed by atoms with E-state index >= 15 is 0 Å². The molecule has 0 radical (unpaired) electrons. The number of nitrogens with zero attached hydrogens (tertiary/aromatic N) is 1. The Balaban J connectivity index is 1.71. The molecule has 7 heteroatoms. The second kappa shape index (κ2) is 8.54. The van der Waals surface area contributed by atoms with Crippen LogP contribution in [0.15, 0.2) is 0 Å². The Morgan fingerprint density at radius 2 is 1.83 bits per heavy atom. The molecule has 140 valence electrons. The zero-order valence-corrected chi connectivity index (χ0v) is 14.4. The zero-order chi connectivity index (χ0) is 17.7. The molecule has 0 spiro atoms. The van der Waals surface area contributed by atoms with Crippen LogP contribution in [0.1, 0.15) is 45.4 Å². The Bertz CT molecular complexity index is 405. The fourth-order valence-corrected chi connectivity index (χ4v) is 3.41. The summed E-state index contributed by atoms with van der Waals surface area (Å²) in [7, 11) is 0. The van der Waals surface area contributed by atoms with E-state index in [1.165, 1.54) is 0 Å². The molecule has 0 aromatic heterocycles. The number of halogens is 2. The fourth-order valence-electron chi connectivity index (χ4n) is 3.41. The van der Waals surface area contributed by atoms with Crippen molar-refractivity contribution < 1.29 is 23.4 Å². The van der Waals surface area contributed by atoms with Crippen molar-refractivity contribution in [3.8, 4) is 0 Å². The van der Waals surface area contributed by atoms with Crippen molar-refractivity contribution in [2.75, 3.05) is 26.3 Å². The Morgan fingerprint density at radius 3 is 2.38 bits per heavy atom. The highest BCUT2D eigenvalue weighted by Crippen LogP contribution is 2.36. The number of aliphatic hydroxyl groups is 1. The summed E-state index contributed by atoms with van der Waals surface area (Å²) in [6.07, 6.45) is 1.90. The van der Waals surface area contributed by atoms with E-state index in [1.807, 2.05) is 0 Å². The summed E-state index contributed by atoms with van der Waals surface area (Å²) in [6.45, 7) is 3.53. The lowest BCUT2D eigenvalue weighted by atomic mass is 9.87. The van der Waals surface area contributed by atoms with Crippen LogP contribution in [0, 0.1) is 11.8 Å². The van der Waals surface area contributed by atoms with Gasteiger partial charge in [-0.05, 0) is 44.4 Å². The number of carbonyl (C=O) groups excluding carboxylic acids is 1. The molecule has 1 saturated carbocycles. The second-order valence-electron chi connectivity index (χ2n) is 7.31. The molecule has 2 fully saturated rings. The molecule has 1 amide bonds. The van der Waals surface area contributed by atoms with Gasteiger partial charge in [-0.3, -0.25) is 4.79 Å². The van der Waals surface area contributed by atoms with Gasteiger partial charge in [-0.15, -0.1) is 0 Å². The van der Waals surface area contributed by atoms with Crippen molar-refractivity contribution in [2.24, 2.45) is 17.6 Å². The normalized spacial score (nSPS) is 25.5. The first-order chi connectivity index (χ1) is 11.3. The van der Waals surface area contributed by atoms with E-state index in [1.54, 1.807) is 11.8 Å². The van der Waals surface area contributed by atoms with E-state index in [-0.39, 0.29) is 37.2 Å². The minimum atomic E-state index is -2.53. The number of nitrogens with two attached hydrogens (primary N) is 1. The maximum atomic E-state index is 13.1. The molecule has 1 aliphatic carbocycles. The highest BCUT2D eigenvalue weighted by molar-refractivity contribution is 5.82. The van der Waals surface area contributed by atoms with Crippen LogP contribution < -0.4 is 5.73 Å². The van der Waals surface area contributed by atoms with Crippen LogP contribution in [0.5, 0.6) is 0 Å². The first-order valence-corrected chi connectivity index (χ1v) is 8.97. The van der Waals surface area contributed by atoms with Gasteiger partial charge in [-0.1, -0.05) is 0 Å². The van der Waals surface area contributed by atoms with Gasteiger partial charge in [0.2, 0.25) is 11.8 Å². The maximum absolute atomic E-state index is 13.1. The van der Waals surface area contributed by atoms with Gasteiger partial charge in [0.25, 0.3) is 0 Å². The van der Waals surface area contributed by atoms with Crippen LogP contribution in [-0.4, -0.2) is 60.3 Å². The van der Waals surface area contributed by atoms with E-state index in [9.17, 15) is 13.6 Å². The lowest BCUT2D eigenvalue weighted by Gasteiger charge is -2.34. The molecule has 5 nitrogen and oxygen atoms in total. The Kier molecular flexibility index (Phi) is 6.95. The number of hydrogen-bond acceptors (Lipinski definition) is 4. The first-order valence-electron chi connectivity index (χ1n) is 8.97. The number of likely N-dealkylation sites (tertiary alicyclic amines) is 1. The molecule has 0 bridgehead atoms. The van der Waals surface area contributed by atoms with Crippen LogP contribution in [0.25, 0.3) is 0 Å². The summed E-state index contributed by atoms with van der Waals surface area (Å²) in [6, 6.07) is -0.735. The molecular formula is C17H30F2N2O3. The highest BCUT2D eigenvalue weighted by Gasteiger charge is 2.35. The quantitative estimate of drug-likeness (QED) is 0.767. The monoisotopic (exact) mass is 348 g/mol. The largest absolute Gasteiger partial charge is 0.396 e. The lowest BCUT2D eigenvalue weighted by Crippen LogP contribution is -2.52. The van der Waals surface area contributed by atoms with Gasteiger partial charge in [0, 0.05) is 39.1 Å². The summed E-state index contributed by atoms with van der Waals surface area (Å²) < 4.78 is 32.0. The summed E-state index contributed by atoms with van der Waals surface area (Å²) >= 11 is 0. The molecule has 2 atom stereocenters. The minimum Gasteiger partial charge on any atom is -0.396 e. The van der Waals surface area contributed by atoms with Crippen LogP contribution in [0.2, 0.25) is 0 Å². The molecule has 1 aliphatic heterocycles. The average molecular weight is 348 g/mol. The van der Waals surface area contributed by atoms with Crippen molar-refractivity contribution in [3.63, 3.8) is 0 Å². The second-order valence-corrected chi connectivity index (χ2v) is 7.31. The molecule has 0 aromatic carbocycles. The van der Waals surface area contributed by atoms with E-state index in [2.05, 4.69) is 0 Å². The molecule has 0 aromatic rings. The van der Waals surface area contributed by atoms with Gasteiger partial charge in [0.1, 0.15) is 6.04 Å². The van der Waals surface area contributed by atoms with E-state index in [0.29, 0.717) is 32.5 Å². The van der Waals surface area contributed by atoms with Crippen molar-refractivity contribution in [3.05, 3.63) is 0 Å². The standard InChI is InChI=1S/C17H30F2N2O3/c1-12(24-11-14-2-6-17(18,19)7-3-14)15(20)16(23)21-8-4-13(10-22)5-9-21/h12-15,22H,2-11,20H2,1H3/t12-,15+/m1/s1. The molecule has 0 unspecified atom stereocenters. The predicted molar refractivity (Wildman–Crippen MR) is 86.7 cm³/mol. The van der Waals surface area contributed by atoms with Crippen LogP contribution in [0.3, 0.4) is 0 Å². The summed E-state index contributed by atoms with van der Waals surface area (Å²) in [5, 5.41) is 9.14. The molecule has 1 heterocycles. The summed E-state index contributed by atoms with van der Waals surface area (Å²) in [5.74, 6) is -2.28. The van der Waals surface area contributed by atoms with Gasteiger partial charge in [-0.2, -0.15) is 0 Å². The lowest BCUT2D eigenvalue weighted by molar-refractivity contribution is -0.138. The van der Waals surface area contributed by atoms with Gasteiger partial charge in [0.05, 0.1) is 6.10 Å². The summed E-state index contributed by atoms with van der Waals surface area (Å²) in [5.41, 5.74) is 6.03. The molecule has 24 heavy (non-hydrogen) atoms. The fraction of sp³-hybridized carbons (Fsp3) is 0.941. The van der Waals surface area contributed by atoms with Crippen molar-refractivity contribution in [1.29, 1.82) is 0 Å². The van der Waals surface area contributed by atoms with Gasteiger partial charge >= 0.3 is 0 Å². The smallest absolute Gasteiger partial charge is 0.248 e. The Hall–Kier alpha value is -0.790.